The van der Waals surface area contributed by atoms with Crippen molar-refractivity contribution >= 4 is 210 Å². The fourth-order valence-electron chi connectivity index (χ4n) is 9.67. The number of halogens is 2. The van der Waals surface area contributed by atoms with Gasteiger partial charge < -0.3 is 31.5 Å². The minimum Gasteiger partial charge on any atom is -0.505 e. The topological polar surface area (TPSA) is 565 Å². The number of aromatic nitrogens is 6. The number of fused-ring (bicyclic) bond motifs is 4. The molecule has 2 aromatic heterocycles. The van der Waals surface area contributed by atoms with Gasteiger partial charge in [0, 0.05) is 48.6 Å². The fourth-order valence-corrected chi connectivity index (χ4v) is 14.7. The predicted molar refractivity (Wildman–Crippen MR) is 347 cm³/mol. The van der Waals surface area contributed by atoms with Crippen molar-refractivity contribution in [2.75, 3.05) is 21.3 Å². The van der Waals surface area contributed by atoms with Crippen molar-refractivity contribution in [1.82, 2.24) is 29.9 Å². The summed E-state index contributed by atoms with van der Waals surface area (Å²) < 4.78 is 185. The molecule has 0 aliphatic heterocycles. The molecule has 9 aromatic carbocycles. The molecule has 0 radical (unpaired) electrons. The zero-order valence-corrected chi connectivity index (χ0v) is 54.7. The summed E-state index contributed by atoms with van der Waals surface area (Å²) >= 11 is 13.4. The Morgan fingerprint density at radius 1 is 0.408 bits per heavy atom. The summed E-state index contributed by atoms with van der Waals surface area (Å²) in [6, 6.07) is 25.5. The number of phenolic OH excluding ortho intramolecular Hbond substituents is 2. The minimum atomic E-state index is -5.38. The molecule has 0 aliphatic carbocycles. The molecule has 0 unspecified atom stereocenters. The van der Waals surface area contributed by atoms with Crippen LogP contribution in [0.15, 0.2) is 182 Å². The number of benzene rings is 9. The summed E-state index contributed by atoms with van der Waals surface area (Å²) in [5.74, 6) is -2.62. The molecule has 0 bridgehead atoms. The number of hydrogen-bond donors (Lipinski definition) is 13. The van der Waals surface area contributed by atoms with E-state index in [2.05, 4.69) is 90.4 Å². The Bertz CT molecular complexity index is 5810. The van der Waals surface area contributed by atoms with Gasteiger partial charge in [0.15, 0.2) is 11.5 Å². The first-order valence-electron chi connectivity index (χ1n) is 26.0. The molecule has 46 heteroatoms. The zero-order chi connectivity index (χ0) is 70.4. The molecule has 98 heavy (non-hydrogen) atoms. The summed E-state index contributed by atoms with van der Waals surface area (Å²) in [4.78, 5) is 20.6. The minimum absolute atomic E-state index is 0.00741. The van der Waals surface area contributed by atoms with Crippen LogP contribution in [0, 0.1) is 0 Å². The van der Waals surface area contributed by atoms with Crippen LogP contribution in [0.2, 0.25) is 10.6 Å². The first kappa shape index (κ1) is 70.0. The van der Waals surface area contributed by atoms with E-state index in [1.165, 1.54) is 48.5 Å². The molecule has 506 valence electrons. The van der Waals surface area contributed by atoms with Gasteiger partial charge in [-0.2, -0.15) is 72.0 Å². The smallest absolute Gasteiger partial charge is 0.297 e. The molecule has 0 amide bonds. The van der Waals surface area contributed by atoms with Gasteiger partial charge in [-0.1, -0.05) is 58.6 Å². The number of aromatic hydroxyl groups is 2. The first-order chi connectivity index (χ1) is 46.3. The van der Waals surface area contributed by atoms with E-state index >= 15 is 0 Å². The standard InChI is InChI=1S/C52H34Cl2N14O23S7/c53-47-59-49(63-51(61-47)57-31-7-1-4-22-19-35(93-91-89-72)41(43(69)39(22)31)67-65-32-16-14-27-29(45(32)97(82,83)84)5-2-8-36(27)94(73,74)75)55-24-10-12-25(13-11-24)56-50-60-48(54)62-52(64-50)58-34-21-26(92-90-88-71)18-23-20-38(96(79,80)81)42(44(70)40(23)34)68-66-33-17-15-28-30(46(33)98(85,86)87)6-3-9-37(28)95(76,77)78/h1-21,69-72H,(H,73,74,75)(H,76,77,78)(H,79,80,81)(H,82,83,84)(H,85,86,87)(H2,55,57,59,61,63)(H2,56,58,60,62,64). The third kappa shape index (κ3) is 15.2. The number of azo groups is 2. The monoisotopic (exact) mass is 1520 g/mol. The van der Waals surface area contributed by atoms with Gasteiger partial charge >= 0.3 is 0 Å². The lowest BCUT2D eigenvalue weighted by atomic mass is 10.1. The lowest BCUT2D eigenvalue weighted by molar-refractivity contribution is -0.432. The molecule has 37 nitrogen and oxygen atoms in total. The Morgan fingerprint density at radius 3 is 1.33 bits per heavy atom. The lowest BCUT2D eigenvalue weighted by Crippen LogP contribution is -2.05. The van der Waals surface area contributed by atoms with Crippen LogP contribution in [0.25, 0.3) is 43.1 Å². The van der Waals surface area contributed by atoms with Crippen LogP contribution in [0.3, 0.4) is 0 Å². The summed E-state index contributed by atoms with van der Waals surface area (Å²) in [7, 11) is -25.8. The van der Waals surface area contributed by atoms with Crippen molar-refractivity contribution in [2.45, 2.75) is 34.3 Å². The summed E-state index contributed by atoms with van der Waals surface area (Å²) in [5, 5.41) is 73.9. The highest BCUT2D eigenvalue weighted by Crippen LogP contribution is 2.50. The molecule has 11 rings (SSSR count). The lowest BCUT2D eigenvalue weighted by Gasteiger charge is -2.15. The molecule has 0 fully saturated rings. The van der Waals surface area contributed by atoms with E-state index < -0.39 is 125 Å². The number of rotatable bonds is 23. The number of nitrogens with one attached hydrogen (secondary N) is 4. The van der Waals surface area contributed by atoms with E-state index in [1.807, 2.05) is 0 Å². The van der Waals surface area contributed by atoms with E-state index in [0.717, 1.165) is 66.7 Å². The largest absolute Gasteiger partial charge is 0.505 e. The van der Waals surface area contributed by atoms with Crippen LogP contribution in [0.5, 0.6) is 11.5 Å². The third-order valence-corrected chi connectivity index (χ3v) is 19.5. The summed E-state index contributed by atoms with van der Waals surface area (Å²) in [5.41, 5.74) is -2.21. The number of anilines is 8. The van der Waals surface area contributed by atoms with Gasteiger partial charge in [0.25, 0.3) is 50.6 Å². The fraction of sp³-hybridized carbons (Fsp3) is 0. The Hall–Kier alpha value is -9.37. The van der Waals surface area contributed by atoms with Gasteiger partial charge in [0.1, 0.15) is 47.2 Å². The molecule has 0 aliphatic rings. The Morgan fingerprint density at radius 2 is 0.847 bits per heavy atom. The van der Waals surface area contributed by atoms with E-state index in [1.54, 1.807) is 12.1 Å². The Balaban J connectivity index is 0.863. The highest BCUT2D eigenvalue weighted by molar-refractivity contribution is 7.95. The maximum Gasteiger partial charge on any atom is 0.297 e. The van der Waals surface area contributed by atoms with Crippen molar-refractivity contribution < 1.29 is 104 Å². The molecule has 0 saturated heterocycles. The highest BCUT2D eigenvalue weighted by Gasteiger charge is 2.29. The second-order valence-corrected chi connectivity index (χ2v) is 28.5. The first-order valence-corrected chi connectivity index (χ1v) is 35.5. The van der Waals surface area contributed by atoms with E-state index in [-0.39, 0.29) is 82.6 Å². The van der Waals surface area contributed by atoms with Crippen LogP contribution in [0.4, 0.5) is 69.3 Å². The molecule has 0 saturated carbocycles. The van der Waals surface area contributed by atoms with Gasteiger partial charge in [-0.05, 0) is 113 Å². The average Bonchev–Trinajstić information content (AvgIpc) is 0.764. The molecule has 11 aromatic rings. The normalized spacial score (nSPS) is 12.6. The second-order valence-electron chi connectivity index (χ2n) is 19.5. The van der Waals surface area contributed by atoms with E-state index in [0.29, 0.717) is 35.5 Å². The maximum atomic E-state index is 12.9. The van der Waals surface area contributed by atoms with Crippen LogP contribution in [-0.4, -0.2) is 115 Å². The molecule has 13 N–H and O–H groups in total. The Labute approximate surface area is 566 Å². The van der Waals surface area contributed by atoms with E-state index in [4.69, 9.17) is 33.7 Å². The predicted octanol–water partition coefficient (Wildman–Crippen LogP) is 12.3. The zero-order valence-electron chi connectivity index (χ0n) is 47.5. The number of nitrogens with zero attached hydrogens (tertiary/aromatic N) is 10. The average molecular weight is 1520 g/mol. The van der Waals surface area contributed by atoms with Crippen molar-refractivity contribution in [3.8, 4) is 11.5 Å². The van der Waals surface area contributed by atoms with Crippen molar-refractivity contribution in [3.05, 3.63) is 138 Å². The van der Waals surface area contributed by atoms with Crippen LogP contribution in [0.1, 0.15) is 0 Å². The van der Waals surface area contributed by atoms with Gasteiger partial charge in [0.2, 0.25) is 34.4 Å². The summed E-state index contributed by atoms with van der Waals surface area (Å²) in [6.07, 6.45) is 0. The van der Waals surface area contributed by atoms with Crippen LogP contribution >= 0.6 is 47.3 Å². The molecular formula is C52H34Cl2N14O23S7. The second kappa shape index (κ2) is 27.5. The van der Waals surface area contributed by atoms with Gasteiger partial charge in [0.05, 0.1) is 40.4 Å². The third-order valence-electron chi connectivity index (χ3n) is 13.4. The summed E-state index contributed by atoms with van der Waals surface area (Å²) in [6.45, 7) is 0. The quantitative estimate of drug-likeness (QED) is 0.00930. The Kier molecular flexibility index (Phi) is 19.6. The van der Waals surface area contributed by atoms with Gasteiger partial charge in [-0.15, -0.1) is 29.1 Å². The van der Waals surface area contributed by atoms with Crippen molar-refractivity contribution in [1.29, 1.82) is 0 Å². The van der Waals surface area contributed by atoms with Crippen LogP contribution < -0.4 is 21.3 Å². The molecule has 0 atom stereocenters. The molecule has 0 spiro atoms. The highest BCUT2D eigenvalue weighted by atomic mass is 35.5. The molecule has 2 heterocycles. The number of phenols is 2. The van der Waals surface area contributed by atoms with E-state index in [9.17, 15) is 75.1 Å². The van der Waals surface area contributed by atoms with Crippen LogP contribution in [-0.2, 0) is 69.3 Å². The van der Waals surface area contributed by atoms with Gasteiger partial charge in [-0.3, -0.25) is 22.8 Å². The van der Waals surface area contributed by atoms with Gasteiger partial charge in [-0.25, -0.2) is 10.5 Å². The maximum absolute atomic E-state index is 12.9. The van der Waals surface area contributed by atoms with Crippen molar-refractivity contribution in [2.24, 2.45) is 20.5 Å². The molecular weight excluding hydrogens is 1480 g/mol. The SMILES string of the molecule is O=S(=O)(O)c1cc2cc(SOOO)cc(Nc3nc(Cl)nc(Nc4ccc(Nc5nc(Cl)nc(Nc6cccc7cc(SOOO)c(N=Nc8ccc9c(S(=O)(=O)O)cccc9c8S(=O)(=O)O)c(O)c67)n5)cc4)n3)c2c(O)c1N=Nc1ccc2c(S(=O)(=O)O)cccc2c1S(=O)(=O)O. The number of hydrogen-bond acceptors (Lipinski definition) is 34. The van der Waals surface area contributed by atoms with Crippen molar-refractivity contribution in [3.63, 3.8) is 0 Å².